The number of hydrogen-bond acceptors (Lipinski definition) is 4. The average Bonchev–Trinajstić information content (AvgIpc) is 2.83. The van der Waals surface area contributed by atoms with Gasteiger partial charge in [-0.05, 0) is 77.6 Å². The largest absolute Gasteiger partial charge is 0.489 e. The van der Waals surface area contributed by atoms with Gasteiger partial charge >= 0.3 is 5.97 Å². The summed E-state index contributed by atoms with van der Waals surface area (Å²) in [5.41, 5.74) is 5.41. The van der Waals surface area contributed by atoms with Crippen LogP contribution in [0.4, 0.5) is 8.78 Å². The Kier molecular flexibility index (Phi) is 7.89. The second kappa shape index (κ2) is 11.1. The monoisotopic (exact) mass is 496 g/mol. The predicted molar refractivity (Wildman–Crippen MR) is 133 cm³/mol. The van der Waals surface area contributed by atoms with Crippen LogP contribution in [0.5, 0.6) is 11.5 Å². The van der Waals surface area contributed by atoms with Crippen molar-refractivity contribution in [1.29, 1.82) is 0 Å². The number of ether oxygens (including phenoxy) is 3. The summed E-state index contributed by atoms with van der Waals surface area (Å²) in [5.74, 6) is 0.310. The molecule has 0 atom stereocenters. The quantitative estimate of drug-likeness (QED) is 0.354. The number of alkyl halides is 2. The van der Waals surface area contributed by atoms with E-state index in [1.54, 1.807) is 12.1 Å². The van der Waals surface area contributed by atoms with Crippen LogP contribution in [0.2, 0.25) is 0 Å². The lowest BCUT2D eigenvalue weighted by molar-refractivity contribution is -0.145. The van der Waals surface area contributed by atoms with Crippen molar-refractivity contribution in [2.75, 3.05) is 26.6 Å². The zero-order chi connectivity index (χ0) is 25.7. The summed E-state index contributed by atoms with van der Waals surface area (Å²) < 4.78 is 42.4. The lowest BCUT2D eigenvalue weighted by Gasteiger charge is -2.40. The molecule has 1 aliphatic heterocycles. The van der Waals surface area contributed by atoms with Crippen molar-refractivity contribution in [3.05, 3.63) is 82.9 Å². The van der Waals surface area contributed by atoms with Gasteiger partial charge in [0.15, 0.2) is 6.10 Å². The van der Waals surface area contributed by atoms with Crippen LogP contribution in [0.3, 0.4) is 0 Å². The van der Waals surface area contributed by atoms with Crippen LogP contribution in [0.25, 0.3) is 11.1 Å². The minimum absolute atomic E-state index is 0.0399. The van der Waals surface area contributed by atoms with Crippen LogP contribution >= 0.6 is 0 Å². The van der Waals surface area contributed by atoms with Crippen LogP contribution in [-0.4, -0.2) is 43.7 Å². The minimum atomic E-state index is -1.09. The second-order valence-corrected chi connectivity index (χ2v) is 9.34. The van der Waals surface area contributed by atoms with Gasteiger partial charge in [-0.2, -0.15) is 0 Å². The molecule has 1 saturated heterocycles. The molecule has 0 amide bonds. The van der Waals surface area contributed by atoms with Gasteiger partial charge in [0, 0.05) is 0 Å². The number of aryl methyl sites for hydroxylation is 2. The van der Waals surface area contributed by atoms with E-state index in [0.717, 1.165) is 33.4 Å². The zero-order valence-electron chi connectivity index (χ0n) is 20.4. The van der Waals surface area contributed by atoms with Crippen molar-refractivity contribution in [3.63, 3.8) is 0 Å². The Morgan fingerprint density at radius 3 is 2.22 bits per heavy atom. The van der Waals surface area contributed by atoms with Crippen LogP contribution < -0.4 is 9.47 Å². The van der Waals surface area contributed by atoms with Gasteiger partial charge in [0.05, 0.1) is 25.0 Å². The fraction of sp³-hybridized carbons (Fsp3) is 0.345. The first-order valence-electron chi connectivity index (χ1n) is 11.9. The van der Waals surface area contributed by atoms with Gasteiger partial charge in [-0.3, -0.25) is 4.79 Å². The Labute approximate surface area is 209 Å². The van der Waals surface area contributed by atoms with E-state index in [2.05, 4.69) is 6.07 Å². The summed E-state index contributed by atoms with van der Waals surface area (Å²) in [6, 6.07) is 19.2. The highest BCUT2D eigenvalue weighted by atomic mass is 19.1. The van der Waals surface area contributed by atoms with Gasteiger partial charge < -0.3 is 19.3 Å². The number of carboxylic acid groups (broad SMARTS) is 1. The van der Waals surface area contributed by atoms with E-state index >= 15 is 0 Å². The lowest BCUT2D eigenvalue weighted by Crippen LogP contribution is -2.48. The van der Waals surface area contributed by atoms with Gasteiger partial charge in [-0.1, -0.05) is 30.3 Å². The molecule has 1 fully saturated rings. The Morgan fingerprint density at radius 2 is 1.67 bits per heavy atom. The maximum Gasteiger partial charge on any atom is 0.304 e. The van der Waals surface area contributed by atoms with E-state index in [1.807, 2.05) is 56.3 Å². The molecule has 0 saturated carbocycles. The molecule has 190 valence electrons. The third-order valence-corrected chi connectivity index (χ3v) is 6.49. The number of rotatable bonds is 11. The SMILES string of the molecule is Cc1cc(OC(CF)CF)cc(C)c1-c1cccc(COc2ccc(C3(CC(=O)O)COC3)cc2)c1. The fourth-order valence-electron chi connectivity index (χ4n) is 4.64. The third kappa shape index (κ3) is 5.68. The van der Waals surface area contributed by atoms with Crippen LogP contribution in [0.15, 0.2) is 60.7 Å². The molecular weight excluding hydrogens is 466 g/mol. The molecule has 3 aromatic rings. The van der Waals surface area contributed by atoms with E-state index in [0.29, 0.717) is 31.3 Å². The summed E-state index contributed by atoms with van der Waals surface area (Å²) in [4.78, 5) is 11.2. The van der Waals surface area contributed by atoms with Crippen molar-refractivity contribution in [2.24, 2.45) is 0 Å². The number of benzene rings is 3. The second-order valence-electron chi connectivity index (χ2n) is 9.34. The van der Waals surface area contributed by atoms with E-state index in [1.165, 1.54) is 0 Å². The highest BCUT2D eigenvalue weighted by molar-refractivity contribution is 5.72. The van der Waals surface area contributed by atoms with Crippen LogP contribution in [0.1, 0.15) is 28.7 Å². The number of aliphatic carboxylic acids is 1. The maximum absolute atomic E-state index is 12.9. The van der Waals surface area contributed by atoms with E-state index in [-0.39, 0.29) is 6.42 Å². The van der Waals surface area contributed by atoms with E-state index in [9.17, 15) is 18.7 Å². The van der Waals surface area contributed by atoms with Crippen molar-refractivity contribution in [1.82, 2.24) is 0 Å². The number of carboxylic acids is 1. The van der Waals surface area contributed by atoms with Crippen LogP contribution in [-0.2, 0) is 21.6 Å². The smallest absolute Gasteiger partial charge is 0.304 e. The minimum Gasteiger partial charge on any atom is -0.489 e. The van der Waals surface area contributed by atoms with Gasteiger partial charge in [-0.15, -0.1) is 0 Å². The van der Waals surface area contributed by atoms with Gasteiger partial charge in [0.25, 0.3) is 0 Å². The number of carbonyl (C=O) groups is 1. The Balaban J connectivity index is 1.45. The molecule has 0 bridgehead atoms. The first kappa shape index (κ1) is 25.6. The lowest BCUT2D eigenvalue weighted by atomic mass is 9.76. The molecule has 36 heavy (non-hydrogen) atoms. The summed E-state index contributed by atoms with van der Waals surface area (Å²) in [7, 11) is 0. The average molecular weight is 497 g/mol. The summed E-state index contributed by atoms with van der Waals surface area (Å²) >= 11 is 0. The molecule has 0 unspecified atom stereocenters. The first-order chi connectivity index (χ1) is 17.3. The molecule has 0 spiro atoms. The molecule has 3 aromatic carbocycles. The molecule has 4 rings (SSSR count). The molecule has 1 N–H and O–H groups in total. The zero-order valence-corrected chi connectivity index (χ0v) is 20.4. The molecule has 1 aliphatic rings. The Bertz CT molecular complexity index is 1180. The molecule has 0 aromatic heterocycles. The summed E-state index contributed by atoms with van der Waals surface area (Å²) in [6.07, 6.45) is -1.05. The maximum atomic E-state index is 12.9. The van der Waals surface area contributed by atoms with Crippen LogP contribution in [0, 0.1) is 13.8 Å². The molecule has 0 aliphatic carbocycles. The summed E-state index contributed by atoms with van der Waals surface area (Å²) in [6.45, 7) is 3.32. The Morgan fingerprint density at radius 1 is 1.00 bits per heavy atom. The van der Waals surface area contributed by atoms with Gasteiger partial charge in [0.2, 0.25) is 0 Å². The molecule has 1 heterocycles. The van der Waals surface area contributed by atoms with Crippen molar-refractivity contribution < 1.29 is 32.9 Å². The van der Waals surface area contributed by atoms with E-state index in [4.69, 9.17) is 14.2 Å². The summed E-state index contributed by atoms with van der Waals surface area (Å²) in [5, 5.41) is 9.23. The predicted octanol–water partition coefficient (Wildman–Crippen LogP) is 5.98. The standard InChI is InChI=1S/C29H30F2O5/c1-19-10-25(36-26(14-30)15-31)11-20(2)28(19)22-5-3-4-21(12-22)16-35-24-8-6-23(7-9-24)29(13-27(32)33)17-34-18-29/h3-12,26H,13-18H2,1-2H3,(H,32,33). The molecule has 5 nitrogen and oxygen atoms in total. The van der Waals surface area contributed by atoms with Gasteiger partial charge in [-0.25, -0.2) is 8.78 Å². The molecular formula is C29H30F2O5. The topological polar surface area (TPSA) is 65.0 Å². The first-order valence-corrected chi connectivity index (χ1v) is 11.9. The molecule has 7 heteroatoms. The fourth-order valence-corrected chi connectivity index (χ4v) is 4.64. The number of halogens is 2. The normalized spacial score (nSPS) is 14.4. The third-order valence-electron chi connectivity index (χ3n) is 6.49. The molecule has 0 radical (unpaired) electrons. The highest BCUT2D eigenvalue weighted by Gasteiger charge is 2.42. The highest BCUT2D eigenvalue weighted by Crippen LogP contribution is 2.37. The van der Waals surface area contributed by atoms with Crippen molar-refractivity contribution in [2.45, 2.75) is 38.4 Å². The van der Waals surface area contributed by atoms with Crippen molar-refractivity contribution >= 4 is 5.97 Å². The van der Waals surface area contributed by atoms with Gasteiger partial charge in [0.1, 0.15) is 31.5 Å². The Hall–Kier alpha value is -3.45. The number of hydrogen-bond donors (Lipinski definition) is 1. The van der Waals surface area contributed by atoms with E-state index < -0.39 is 30.8 Å². The van der Waals surface area contributed by atoms with Crippen molar-refractivity contribution in [3.8, 4) is 22.6 Å².